The van der Waals surface area contributed by atoms with Crippen LogP contribution in [0.5, 0.6) is 0 Å². The van der Waals surface area contributed by atoms with Crippen molar-refractivity contribution in [3.8, 4) is 0 Å². The Morgan fingerprint density at radius 3 is 2.67 bits per heavy atom. The van der Waals surface area contributed by atoms with Crippen LogP contribution in [-0.2, 0) is 9.47 Å². The lowest BCUT2D eigenvalue weighted by Crippen LogP contribution is -2.48. The van der Waals surface area contributed by atoms with Gasteiger partial charge in [0.2, 0.25) is 0 Å². The van der Waals surface area contributed by atoms with E-state index in [1.165, 1.54) is 7.11 Å². The van der Waals surface area contributed by atoms with Crippen LogP contribution in [0.2, 0.25) is 0 Å². The molecule has 1 aromatic rings. The smallest absolute Gasteiger partial charge is 0.348 e. The van der Waals surface area contributed by atoms with E-state index < -0.39 is 5.97 Å². The lowest BCUT2D eigenvalue weighted by Gasteiger charge is -2.26. The molecule has 0 bridgehead atoms. The maximum absolute atomic E-state index is 11.9. The Kier molecular flexibility index (Phi) is 4.29. The van der Waals surface area contributed by atoms with Gasteiger partial charge < -0.3 is 9.47 Å². The number of rotatable bonds is 3. The van der Waals surface area contributed by atoms with Gasteiger partial charge >= 0.3 is 5.97 Å². The van der Waals surface area contributed by atoms with Crippen LogP contribution in [0.3, 0.4) is 0 Å². The van der Waals surface area contributed by atoms with E-state index in [1.54, 1.807) is 12.1 Å². The molecule has 98 valence electrons. The third-order valence-electron chi connectivity index (χ3n) is 2.49. The Balaban J connectivity index is 1.95. The topological polar surface area (TPSA) is 67.9 Å². The van der Waals surface area contributed by atoms with E-state index in [0.29, 0.717) is 36.1 Å². The van der Waals surface area contributed by atoms with Gasteiger partial charge in [0.1, 0.15) is 4.88 Å². The average molecular weight is 270 g/mol. The maximum Gasteiger partial charge on any atom is 0.348 e. The van der Waals surface area contributed by atoms with Gasteiger partial charge in [-0.2, -0.15) is 0 Å². The van der Waals surface area contributed by atoms with Crippen molar-refractivity contribution >= 4 is 23.2 Å². The van der Waals surface area contributed by atoms with Crippen molar-refractivity contribution in [1.82, 2.24) is 10.4 Å². The summed E-state index contributed by atoms with van der Waals surface area (Å²) in [6.45, 7) is 2.55. The number of hydrogen-bond donors (Lipinski definition) is 1. The van der Waals surface area contributed by atoms with Gasteiger partial charge in [-0.3, -0.25) is 10.2 Å². The van der Waals surface area contributed by atoms with Crippen LogP contribution in [0.1, 0.15) is 19.3 Å². The highest BCUT2D eigenvalue weighted by Gasteiger charge is 2.17. The van der Waals surface area contributed by atoms with Crippen molar-refractivity contribution in [2.24, 2.45) is 0 Å². The molecule has 0 radical (unpaired) electrons. The molecule has 0 aliphatic carbocycles. The fourth-order valence-electron chi connectivity index (χ4n) is 1.54. The van der Waals surface area contributed by atoms with Crippen LogP contribution in [-0.4, -0.2) is 50.3 Å². The summed E-state index contributed by atoms with van der Waals surface area (Å²) in [6.07, 6.45) is 0. The highest BCUT2D eigenvalue weighted by atomic mass is 32.1. The Bertz CT molecular complexity index is 440. The molecule has 1 saturated heterocycles. The van der Waals surface area contributed by atoms with Gasteiger partial charge in [0.15, 0.2) is 0 Å². The van der Waals surface area contributed by atoms with Crippen molar-refractivity contribution in [3.63, 3.8) is 0 Å². The fourth-order valence-corrected chi connectivity index (χ4v) is 2.36. The summed E-state index contributed by atoms with van der Waals surface area (Å²) in [5, 5.41) is 1.81. The second-order valence-corrected chi connectivity index (χ2v) is 4.78. The molecular formula is C11H14N2O4S. The molecule has 0 unspecified atom stereocenters. The van der Waals surface area contributed by atoms with Gasteiger partial charge in [-0.15, -0.1) is 11.3 Å². The maximum atomic E-state index is 11.9. The minimum Gasteiger partial charge on any atom is -0.465 e. The molecule has 18 heavy (non-hydrogen) atoms. The quantitative estimate of drug-likeness (QED) is 0.811. The average Bonchev–Trinajstić information content (AvgIpc) is 2.88. The van der Waals surface area contributed by atoms with E-state index in [2.05, 4.69) is 10.2 Å². The lowest BCUT2D eigenvalue weighted by molar-refractivity contribution is 0.0127. The first kappa shape index (κ1) is 13.0. The SMILES string of the molecule is COC(=O)c1ccc(C(=O)NN2CCOCC2)s1. The summed E-state index contributed by atoms with van der Waals surface area (Å²) in [6, 6.07) is 3.21. The molecule has 6 nitrogen and oxygen atoms in total. The van der Waals surface area contributed by atoms with E-state index in [1.807, 2.05) is 5.01 Å². The monoisotopic (exact) mass is 270 g/mol. The number of morpholine rings is 1. The number of amides is 1. The van der Waals surface area contributed by atoms with E-state index in [9.17, 15) is 9.59 Å². The summed E-state index contributed by atoms with van der Waals surface area (Å²) >= 11 is 1.12. The van der Waals surface area contributed by atoms with Crippen LogP contribution in [0.15, 0.2) is 12.1 Å². The predicted molar refractivity (Wildman–Crippen MR) is 65.5 cm³/mol. The fraction of sp³-hybridized carbons (Fsp3) is 0.455. The van der Waals surface area contributed by atoms with E-state index in [4.69, 9.17) is 4.74 Å². The molecule has 1 amide bonds. The van der Waals surface area contributed by atoms with Gasteiger partial charge in [0.25, 0.3) is 5.91 Å². The lowest BCUT2D eigenvalue weighted by atomic mass is 10.4. The first-order valence-electron chi connectivity index (χ1n) is 5.52. The molecule has 1 aliphatic heterocycles. The summed E-state index contributed by atoms with van der Waals surface area (Å²) in [4.78, 5) is 24.1. The number of carbonyl (C=O) groups is 2. The van der Waals surface area contributed by atoms with Crippen LogP contribution in [0.4, 0.5) is 0 Å². The Morgan fingerprint density at radius 2 is 2.00 bits per heavy atom. The normalized spacial score (nSPS) is 16.3. The molecular weight excluding hydrogens is 256 g/mol. The molecule has 0 saturated carbocycles. The third kappa shape index (κ3) is 3.06. The van der Waals surface area contributed by atoms with Crippen molar-refractivity contribution in [3.05, 3.63) is 21.9 Å². The zero-order valence-corrected chi connectivity index (χ0v) is 10.8. The third-order valence-corrected chi connectivity index (χ3v) is 3.55. The van der Waals surface area contributed by atoms with Crippen LogP contribution >= 0.6 is 11.3 Å². The van der Waals surface area contributed by atoms with Gasteiger partial charge in [-0.25, -0.2) is 9.80 Å². The molecule has 1 N–H and O–H groups in total. The standard InChI is InChI=1S/C11H14N2O4S/c1-16-11(15)9-3-2-8(18-9)10(14)12-13-4-6-17-7-5-13/h2-3H,4-7H2,1H3,(H,12,14). The van der Waals surface area contributed by atoms with Crippen LogP contribution in [0.25, 0.3) is 0 Å². The molecule has 0 spiro atoms. The predicted octanol–water partition coefficient (Wildman–Crippen LogP) is 0.512. The van der Waals surface area contributed by atoms with Crippen molar-refractivity contribution in [2.75, 3.05) is 33.4 Å². The Labute approximate surface area is 108 Å². The highest BCUT2D eigenvalue weighted by molar-refractivity contribution is 7.15. The molecule has 0 atom stereocenters. The number of methoxy groups -OCH3 is 1. The van der Waals surface area contributed by atoms with E-state index in [-0.39, 0.29) is 5.91 Å². The highest BCUT2D eigenvalue weighted by Crippen LogP contribution is 2.17. The van der Waals surface area contributed by atoms with E-state index in [0.717, 1.165) is 11.3 Å². The second-order valence-electron chi connectivity index (χ2n) is 3.70. The zero-order valence-electron chi connectivity index (χ0n) is 9.97. The second kappa shape index (κ2) is 5.94. The van der Waals surface area contributed by atoms with Crippen LogP contribution < -0.4 is 5.43 Å². The molecule has 1 fully saturated rings. The van der Waals surface area contributed by atoms with E-state index >= 15 is 0 Å². The first-order valence-corrected chi connectivity index (χ1v) is 6.34. The van der Waals surface area contributed by atoms with Gasteiger partial charge in [0.05, 0.1) is 25.2 Å². The van der Waals surface area contributed by atoms with Crippen molar-refractivity contribution in [1.29, 1.82) is 0 Å². The molecule has 1 aliphatic rings. The number of ether oxygens (including phenoxy) is 2. The van der Waals surface area contributed by atoms with Gasteiger partial charge in [-0.1, -0.05) is 0 Å². The number of hydrazine groups is 1. The minimum atomic E-state index is -0.426. The largest absolute Gasteiger partial charge is 0.465 e. The number of esters is 1. The number of nitrogens with one attached hydrogen (secondary N) is 1. The van der Waals surface area contributed by atoms with Gasteiger partial charge in [0, 0.05) is 13.1 Å². The summed E-state index contributed by atoms with van der Waals surface area (Å²) in [5.41, 5.74) is 2.78. The number of carbonyl (C=O) groups excluding carboxylic acids is 2. The van der Waals surface area contributed by atoms with Crippen LogP contribution in [0, 0.1) is 0 Å². The Morgan fingerprint density at radius 1 is 1.33 bits per heavy atom. The zero-order chi connectivity index (χ0) is 13.0. The summed E-state index contributed by atoms with van der Waals surface area (Å²) in [7, 11) is 1.32. The number of nitrogens with zero attached hydrogens (tertiary/aromatic N) is 1. The molecule has 1 aromatic heterocycles. The minimum absolute atomic E-state index is 0.211. The Hall–Kier alpha value is -1.44. The summed E-state index contributed by atoms with van der Waals surface area (Å²) in [5.74, 6) is -0.637. The molecule has 2 heterocycles. The van der Waals surface area contributed by atoms with Gasteiger partial charge in [-0.05, 0) is 12.1 Å². The molecule has 7 heteroatoms. The van der Waals surface area contributed by atoms with Crippen molar-refractivity contribution in [2.45, 2.75) is 0 Å². The number of thiophene rings is 1. The molecule has 2 rings (SSSR count). The first-order chi connectivity index (χ1) is 8.70. The molecule has 0 aromatic carbocycles. The summed E-state index contributed by atoms with van der Waals surface area (Å²) < 4.78 is 9.78. The number of hydrogen-bond acceptors (Lipinski definition) is 6. The van der Waals surface area contributed by atoms with Crippen molar-refractivity contribution < 1.29 is 19.1 Å².